The molecule has 0 unspecified atom stereocenters. The van der Waals surface area contributed by atoms with Gasteiger partial charge in [-0.1, -0.05) is 35.9 Å². The number of rotatable bonds is 8. The predicted molar refractivity (Wildman–Crippen MR) is 120 cm³/mol. The van der Waals surface area contributed by atoms with Crippen molar-refractivity contribution >= 4 is 30.0 Å². The Kier molecular flexibility index (Phi) is 7.21. The second-order valence-corrected chi connectivity index (χ2v) is 7.29. The minimum atomic E-state index is -1.68. The number of anilines is 1. The highest BCUT2D eigenvalue weighted by molar-refractivity contribution is 6.63. The minimum absolute atomic E-state index is 0.220. The standard InChI is InChI=1S/C22H24BClN2O4/c1-15-12-20(23(27)28)21(24)22(25-15)26(13-16-4-8-18(29-2)9-5-16)14-17-6-10-19(30-3)11-7-17/h4-12,27-28H,13-14H2,1-3H3. The van der Waals surface area contributed by atoms with Crippen LogP contribution in [0.1, 0.15) is 16.8 Å². The number of hydrogen-bond acceptors (Lipinski definition) is 6. The van der Waals surface area contributed by atoms with Crippen molar-refractivity contribution in [1.29, 1.82) is 0 Å². The Morgan fingerprint density at radius 1 is 0.900 bits per heavy atom. The maximum Gasteiger partial charge on any atom is 0.490 e. The maximum absolute atomic E-state index is 9.73. The molecule has 1 heterocycles. The number of aryl methyl sites for hydroxylation is 1. The molecule has 3 rings (SSSR count). The van der Waals surface area contributed by atoms with Gasteiger partial charge in [0, 0.05) is 24.2 Å². The van der Waals surface area contributed by atoms with Gasteiger partial charge in [0.2, 0.25) is 0 Å². The molecule has 0 saturated carbocycles. The van der Waals surface area contributed by atoms with Gasteiger partial charge in [-0.3, -0.25) is 0 Å². The van der Waals surface area contributed by atoms with E-state index < -0.39 is 7.12 Å². The number of benzene rings is 2. The molecule has 30 heavy (non-hydrogen) atoms. The van der Waals surface area contributed by atoms with Crippen LogP contribution in [0, 0.1) is 6.92 Å². The first kappa shape index (κ1) is 22.0. The molecule has 2 aromatic carbocycles. The molecule has 0 aliphatic carbocycles. The van der Waals surface area contributed by atoms with Crippen molar-refractivity contribution in [2.75, 3.05) is 19.1 Å². The first-order valence-corrected chi connectivity index (χ1v) is 9.83. The van der Waals surface area contributed by atoms with Crippen molar-refractivity contribution < 1.29 is 19.5 Å². The van der Waals surface area contributed by atoms with Gasteiger partial charge in [0.05, 0.1) is 19.2 Å². The molecule has 1 aromatic heterocycles. The molecule has 0 aliphatic rings. The van der Waals surface area contributed by atoms with Gasteiger partial charge in [0.25, 0.3) is 0 Å². The quantitative estimate of drug-likeness (QED) is 0.540. The zero-order valence-corrected chi connectivity index (χ0v) is 17.9. The van der Waals surface area contributed by atoms with Crippen molar-refractivity contribution in [2.45, 2.75) is 20.0 Å². The summed E-state index contributed by atoms with van der Waals surface area (Å²) in [5.41, 5.74) is 2.95. The van der Waals surface area contributed by atoms with Crippen LogP contribution in [0.15, 0.2) is 54.6 Å². The van der Waals surface area contributed by atoms with Gasteiger partial charge in [-0.25, -0.2) is 4.98 Å². The summed E-state index contributed by atoms with van der Waals surface area (Å²) in [6, 6.07) is 17.1. The Morgan fingerprint density at radius 2 is 1.37 bits per heavy atom. The molecule has 6 nitrogen and oxygen atoms in total. The molecular formula is C22H24BClN2O4. The largest absolute Gasteiger partial charge is 0.497 e. The number of halogens is 1. The number of methoxy groups -OCH3 is 2. The summed E-state index contributed by atoms with van der Waals surface area (Å²) in [5.74, 6) is 2.04. The van der Waals surface area contributed by atoms with Crippen LogP contribution in [0.5, 0.6) is 11.5 Å². The SMILES string of the molecule is COc1ccc(CN(Cc2ccc(OC)cc2)c2nc(C)cc(B(O)O)c2Cl)cc1. The Hall–Kier alpha value is -2.74. The molecule has 2 N–H and O–H groups in total. The van der Waals surface area contributed by atoms with Crippen molar-refractivity contribution in [3.8, 4) is 11.5 Å². The van der Waals surface area contributed by atoms with Crippen LogP contribution < -0.4 is 19.8 Å². The zero-order valence-electron chi connectivity index (χ0n) is 17.2. The van der Waals surface area contributed by atoms with Crippen LogP contribution >= 0.6 is 11.6 Å². The van der Waals surface area contributed by atoms with Crippen molar-refractivity contribution in [1.82, 2.24) is 4.98 Å². The van der Waals surface area contributed by atoms with Crippen LogP contribution in [-0.2, 0) is 13.1 Å². The van der Waals surface area contributed by atoms with E-state index in [2.05, 4.69) is 4.98 Å². The second kappa shape index (κ2) is 9.85. The number of pyridine rings is 1. The minimum Gasteiger partial charge on any atom is -0.497 e. The smallest absolute Gasteiger partial charge is 0.490 e. The molecule has 0 bridgehead atoms. The van der Waals surface area contributed by atoms with Gasteiger partial charge in [-0.15, -0.1) is 0 Å². The Balaban J connectivity index is 1.99. The average molecular weight is 427 g/mol. The van der Waals surface area contributed by atoms with E-state index in [0.717, 1.165) is 22.6 Å². The Bertz CT molecular complexity index is 932. The molecule has 0 radical (unpaired) electrons. The second-order valence-electron chi connectivity index (χ2n) is 6.92. The van der Waals surface area contributed by atoms with Crippen LogP contribution in [0.4, 0.5) is 5.82 Å². The molecule has 8 heteroatoms. The lowest BCUT2D eigenvalue weighted by Gasteiger charge is -2.26. The predicted octanol–water partition coefficient (Wildman–Crippen LogP) is 2.95. The van der Waals surface area contributed by atoms with E-state index in [1.54, 1.807) is 27.2 Å². The van der Waals surface area contributed by atoms with E-state index in [1.807, 2.05) is 53.4 Å². The molecular weight excluding hydrogens is 403 g/mol. The third kappa shape index (κ3) is 5.24. The van der Waals surface area contributed by atoms with E-state index in [0.29, 0.717) is 24.6 Å². The molecule has 3 aromatic rings. The molecule has 0 aliphatic heterocycles. The molecule has 0 fully saturated rings. The van der Waals surface area contributed by atoms with E-state index >= 15 is 0 Å². The number of aromatic nitrogens is 1. The third-order valence-electron chi connectivity index (χ3n) is 4.74. The molecule has 0 amide bonds. The van der Waals surface area contributed by atoms with Crippen LogP contribution in [0.25, 0.3) is 0 Å². The Morgan fingerprint density at radius 3 is 1.77 bits per heavy atom. The lowest BCUT2D eigenvalue weighted by atomic mass is 9.80. The van der Waals surface area contributed by atoms with Gasteiger partial charge < -0.3 is 24.4 Å². The van der Waals surface area contributed by atoms with Crippen molar-refractivity contribution in [3.05, 3.63) is 76.4 Å². The molecule has 0 atom stereocenters. The van der Waals surface area contributed by atoms with E-state index in [4.69, 9.17) is 21.1 Å². The molecule has 0 saturated heterocycles. The summed E-state index contributed by atoms with van der Waals surface area (Å²) in [6.07, 6.45) is 0. The topological polar surface area (TPSA) is 75.1 Å². The first-order chi connectivity index (χ1) is 14.4. The van der Waals surface area contributed by atoms with Gasteiger partial charge >= 0.3 is 7.12 Å². The lowest BCUT2D eigenvalue weighted by molar-refractivity contribution is 0.414. The third-order valence-corrected chi connectivity index (χ3v) is 5.13. The fourth-order valence-electron chi connectivity index (χ4n) is 3.17. The number of hydrogen-bond donors (Lipinski definition) is 2. The monoisotopic (exact) mass is 426 g/mol. The van der Waals surface area contributed by atoms with Crippen molar-refractivity contribution in [2.24, 2.45) is 0 Å². The Labute approximate surface area is 181 Å². The zero-order chi connectivity index (χ0) is 21.7. The molecule has 0 spiro atoms. The fraction of sp³-hybridized carbons (Fsp3) is 0.227. The number of nitrogens with zero attached hydrogens (tertiary/aromatic N) is 2. The van der Waals surface area contributed by atoms with Gasteiger partial charge in [0.1, 0.15) is 17.3 Å². The van der Waals surface area contributed by atoms with Gasteiger partial charge in [-0.05, 0) is 48.4 Å². The molecule has 156 valence electrons. The van der Waals surface area contributed by atoms with Gasteiger partial charge in [0.15, 0.2) is 0 Å². The van der Waals surface area contributed by atoms with E-state index in [9.17, 15) is 10.0 Å². The highest BCUT2D eigenvalue weighted by atomic mass is 35.5. The average Bonchev–Trinajstić information content (AvgIpc) is 2.75. The summed E-state index contributed by atoms with van der Waals surface area (Å²) in [7, 11) is 1.58. The fourth-order valence-corrected chi connectivity index (χ4v) is 3.49. The summed E-state index contributed by atoms with van der Waals surface area (Å²) in [6.45, 7) is 2.84. The normalized spacial score (nSPS) is 10.6. The summed E-state index contributed by atoms with van der Waals surface area (Å²) >= 11 is 6.53. The summed E-state index contributed by atoms with van der Waals surface area (Å²) in [4.78, 5) is 6.60. The van der Waals surface area contributed by atoms with E-state index in [-0.39, 0.29) is 10.5 Å². The lowest BCUT2D eigenvalue weighted by Crippen LogP contribution is -2.34. The first-order valence-electron chi connectivity index (χ1n) is 9.45. The number of ether oxygens (including phenoxy) is 2. The summed E-state index contributed by atoms with van der Waals surface area (Å²) < 4.78 is 10.5. The summed E-state index contributed by atoms with van der Waals surface area (Å²) in [5, 5.41) is 19.7. The maximum atomic E-state index is 9.73. The van der Waals surface area contributed by atoms with Crippen LogP contribution in [0.3, 0.4) is 0 Å². The van der Waals surface area contributed by atoms with Crippen LogP contribution in [0.2, 0.25) is 5.02 Å². The highest BCUT2D eigenvalue weighted by Crippen LogP contribution is 2.27. The van der Waals surface area contributed by atoms with Crippen LogP contribution in [-0.4, -0.2) is 36.4 Å². The van der Waals surface area contributed by atoms with Crippen molar-refractivity contribution in [3.63, 3.8) is 0 Å². The highest BCUT2D eigenvalue weighted by Gasteiger charge is 2.23. The van der Waals surface area contributed by atoms with Gasteiger partial charge in [-0.2, -0.15) is 0 Å². The van der Waals surface area contributed by atoms with E-state index in [1.165, 1.54) is 0 Å².